The Bertz CT molecular complexity index is 590. The SMILES string of the molecule is CCS(=O)(=O)N1CCN(c2ccc(N3CCCC3)nn2)CC1. The molecule has 0 aromatic carbocycles. The van der Waals surface area contributed by atoms with Crippen molar-refractivity contribution in [3.05, 3.63) is 12.1 Å². The van der Waals surface area contributed by atoms with Gasteiger partial charge in [-0.15, -0.1) is 10.2 Å². The maximum absolute atomic E-state index is 11.9. The van der Waals surface area contributed by atoms with Gasteiger partial charge in [0.2, 0.25) is 10.0 Å². The molecule has 2 fully saturated rings. The molecule has 0 bridgehead atoms. The third-order valence-corrected chi connectivity index (χ3v) is 6.27. The molecule has 0 amide bonds. The summed E-state index contributed by atoms with van der Waals surface area (Å²) in [6, 6.07) is 4.01. The largest absolute Gasteiger partial charge is 0.355 e. The Labute approximate surface area is 132 Å². The number of aromatic nitrogens is 2. The summed E-state index contributed by atoms with van der Waals surface area (Å²) in [6.07, 6.45) is 2.44. The van der Waals surface area contributed by atoms with Crippen molar-refractivity contribution in [2.45, 2.75) is 19.8 Å². The minimum atomic E-state index is -3.08. The molecule has 2 saturated heterocycles. The van der Waals surface area contributed by atoms with Crippen LogP contribution in [0.4, 0.5) is 11.6 Å². The molecule has 7 nitrogen and oxygen atoms in total. The zero-order valence-corrected chi connectivity index (χ0v) is 13.8. The van der Waals surface area contributed by atoms with Gasteiger partial charge in [0.25, 0.3) is 0 Å². The van der Waals surface area contributed by atoms with Crippen LogP contribution in [-0.2, 0) is 10.0 Å². The van der Waals surface area contributed by atoms with Gasteiger partial charge >= 0.3 is 0 Å². The van der Waals surface area contributed by atoms with Gasteiger partial charge in [0.1, 0.15) is 0 Å². The number of piperazine rings is 1. The maximum atomic E-state index is 11.9. The van der Waals surface area contributed by atoms with Crippen LogP contribution in [0.25, 0.3) is 0 Å². The molecule has 2 aliphatic rings. The lowest BCUT2D eigenvalue weighted by Crippen LogP contribution is -2.49. The Hall–Kier alpha value is -1.41. The molecule has 2 aliphatic heterocycles. The number of anilines is 2. The second-order valence-electron chi connectivity index (χ2n) is 5.73. The molecule has 3 heterocycles. The summed E-state index contributed by atoms with van der Waals surface area (Å²) in [5.41, 5.74) is 0. The van der Waals surface area contributed by atoms with Crippen molar-refractivity contribution in [2.24, 2.45) is 0 Å². The van der Waals surface area contributed by atoms with Crippen molar-refractivity contribution >= 4 is 21.7 Å². The maximum Gasteiger partial charge on any atom is 0.213 e. The lowest BCUT2D eigenvalue weighted by Gasteiger charge is -2.34. The van der Waals surface area contributed by atoms with Gasteiger partial charge in [-0.05, 0) is 31.9 Å². The Morgan fingerprint density at radius 1 is 0.909 bits per heavy atom. The molecular formula is C14H23N5O2S. The predicted molar refractivity (Wildman–Crippen MR) is 86.7 cm³/mol. The van der Waals surface area contributed by atoms with Crippen LogP contribution in [-0.4, -0.2) is 67.9 Å². The van der Waals surface area contributed by atoms with E-state index in [0.29, 0.717) is 26.2 Å². The molecule has 8 heteroatoms. The number of hydrogen-bond acceptors (Lipinski definition) is 6. The van der Waals surface area contributed by atoms with E-state index in [1.165, 1.54) is 12.8 Å². The molecule has 0 aliphatic carbocycles. The quantitative estimate of drug-likeness (QED) is 0.805. The van der Waals surface area contributed by atoms with E-state index in [2.05, 4.69) is 20.0 Å². The van der Waals surface area contributed by atoms with Crippen LogP contribution in [0.1, 0.15) is 19.8 Å². The highest BCUT2D eigenvalue weighted by Crippen LogP contribution is 2.20. The second-order valence-corrected chi connectivity index (χ2v) is 7.99. The van der Waals surface area contributed by atoms with E-state index in [1.807, 2.05) is 12.1 Å². The summed E-state index contributed by atoms with van der Waals surface area (Å²) < 4.78 is 25.3. The molecule has 22 heavy (non-hydrogen) atoms. The first-order valence-electron chi connectivity index (χ1n) is 7.91. The van der Waals surface area contributed by atoms with Crippen LogP contribution in [0.3, 0.4) is 0 Å². The van der Waals surface area contributed by atoms with Gasteiger partial charge in [-0.1, -0.05) is 0 Å². The van der Waals surface area contributed by atoms with Crippen molar-refractivity contribution < 1.29 is 8.42 Å². The van der Waals surface area contributed by atoms with Gasteiger partial charge in [0.05, 0.1) is 5.75 Å². The van der Waals surface area contributed by atoms with Gasteiger partial charge < -0.3 is 9.80 Å². The van der Waals surface area contributed by atoms with E-state index < -0.39 is 10.0 Å². The third-order valence-electron chi connectivity index (χ3n) is 4.39. The highest BCUT2D eigenvalue weighted by atomic mass is 32.2. The standard InChI is InChI=1S/C14H23N5O2S/c1-2-22(20,21)19-11-9-18(10-12-19)14-6-5-13(15-16-14)17-7-3-4-8-17/h5-6H,2-4,7-12H2,1H3. The average molecular weight is 325 g/mol. The number of rotatable bonds is 4. The first-order chi connectivity index (χ1) is 10.6. The van der Waals surface area contributed by atoms with E-state index >= 15 is 0 Å². The van der Waals surface area contributed by atoms with Crippen molar-refractivity contribution in [3.63, 3.8) is 0 Å². The smallest absolute Gasteiger partial charge is 0.213 e. The summed E-state index contributed by atoms with van der Waals surface area (Å²) >= 11 is 0. The molecule has 0 unspecified atom stereocenters. The van der Waals surface area contributed by atoms with E-state index in [0.717, 1.165) is 24.7 Å². The summed E-state index contributed by atoms with van der Waals surface area (Å²) in [5.74, 6) is 1.93. The van der Waals surface area contributed by atoms with Gasteiger partial charge in [0.15, 0.2) is 11.6 Å². The summed E-state index contributed by atoms with van der Waals surface area (Å²) in [7, 11) is -3.08. The first-order valence-corrected chi connectivity index (χ1v) is 9.52. The van der Waals surface area contributed by atoms with Crippen molar-refractivity contribution in [3.8, 4) is 0 Å². The van der Waals surface area contributed by atoms with E-state index in [4.69, 9.17) is 0 Å². The fourth-order valence-corrected chi connectivity index (χ4v) is 4.06. The minimum absolute atomic E-state index is 0.164. The lowest BCUT2D eigenvalue weighted by atomic mass is 10.3. The fraction of sp³-hybridized carbons (Fsp3) is 0.714. The molecule has 0 atom stereocenters. The van der Waals surface area contributed by atoms with Crippen LogP contribution in [0.15, 0.2) is 12.1 Å². The zero-order valence-electron chi connectivity index (χ0n) is 13.0. The van der Waals surface area contributed by atoms with E-state index in [9.17, 15) is 8.42 Å². The Balaban J connectivity index is 1.61. The molecule has 0 N–H and O–H groups in total. The van der Waals surface area contributed by atoms with Gasteiger partial charge in [-0.2, -0.15) is 4.31 Å². The van der Waals surface area contributed by atoms with E-state index in [1.54, 1.807) is 11.2 Å². The molecule has 3 rings (SSSR count). The third kappa shape index (κ3) is 3.17. The van der Waals surface area contributed by atoms with Crippen LogP contribution in [0.5, 0.6) is 0 Å². The summed E-state index contributed by atoms with van der Waals surface area (Å²) in [4.78, 5) is 4.35. The molecule has 122 valence electrons. The van der Waals surface area contributed by atoms with Crippen molar-refractivity contribution in [2.75, 3.05) is 54.8 Å². The lowest BCUT2D eigenvalue weighted by molar-refractivity contribution is 0.384. The molecule has 1 aromatic heterocycles. The zero-order chi connectivity index (χ0) is 15.6. The molecule has 1 aromatic rings. The molecule has 0 spiro atoms. The highest BCUT2D eigenvalue weighted by Gasteiger charge is 2.26. The van der Waals surface area contributed by atoms with Crippen LogP contribution < -0.4 is 9.80 Å². The summed E-state index contributed by atoms with van der Waals surface area (Å²) in [6.45, 7) is 6.17. The van der Waals surface area contributed by atoms with Crippen LogP contribution in [0, 0.1) is 0 Å². The Morgan fingerprint density at radius 3 is 1.86 bits per heavy atom. The molecule has 0 saturated carbocycles. The van der Waals surface area contributed by atoms with Gasteiger partial charge in [0, 0.05) is 39.3 Å². The van der Waals surface area contributed by atoms with Gasteiger partial charge in [-0.3, -0.25) is 0 Å². The Kier molecular flexibility index (Phi) is 4.49. The normalized spacial score (nSPS) is 20.6. The minimum Gasteiger partial charge on any atom is -0.355 e. The van der Waals surface area contributed by atoms with Crippen LogP contribution >= 0.6 is 0 Å². The number of sulfonamides is 1. The topological polar surface area (TPSA) is 69.6 Å². The van der Waals surface area contributed by atoms with E-state index in [-0.39, 0.29) is 5.75 Å². The van der Waals surface area contributed by atoms with Gasteiger partial charge in [-0.25, -0.2) is 8.42 Å². The highest BCUT2D eigenvalue weighted by molar-refractivity contribution is 7.89. The summed E-state index contributed by atoms with van der Waals surface area (Å²) in [5, 5.41) is 8.64. The monoisotopic (exact) mass is 325 g/mol. The van der Waals surface area contributed by atoms with Crippen molar-refractivity contribution in [1.29, 1.82) is 0 Å². The van der Waals surface area contributed by atoms with Crippen LogP contribution in [0.2, 0.25) is 0 Å². The Morgan fingerprint density at radius 2 is 1.41 bits per heavy atom. The number of hydrogen-bond donors (Lipinski definition) is 0. The predicted octanol–water partition coefficient (Wildman–Crippen LogP) is 0.548. The fourth-order valence-electron chi connectivity index (χ4n) is 2.98. The first kappa shape index (κ1) is 15.5. The molecular weight excluding hydrogens is 302 g/mol. The molecule has 0 radical (unpaired) electrons. The second kappa shape index (κ2) is 6.37. The average Bonchev–Trinajstić information content (AvgIpc) is 3.10. The van der Waals surface area contributed by atoms with Crippen molar-refractivity contribution in [1.82, 2.24) is 14.5 Å². The number of nitrogens with zero attached hydrogens (tertiary/aromatic N) is 5.